The zero-order valence-corrected chi connectivity index (χ0v) is 14.0. The normalized spacial score (nSPS) is 20.3. The highest BCUT2D eigenvalue weighted by Gasteiger charge is 2.18. The second-order valence-electron chi connectivity index (χ2n) is 6.04. The van der Waals surface area contributed by atoms with Crippen molar-refractivity contribution in [2.45, 2.75) is 45.2 Å². The Bertz CT molecular complexity index is 452. The smallest absolute Gasteiger partial charge is 0.222 e. The number of thioether (sulfide) groups is 1. The summed E-state index contributed by atoms with van der Waals surface area (Å²) in [5.41, 5.74) is 2.50. The van der Waals surface area contributed by atoms with Crippen LogP contribution in [0.2, 0.25) is 0 Å². The highest BCUT2D eigenvalue weighted by Crippen LogP contribution is 2.19. The number of carbonyl (C=O) groups excluding carboxylic acids is 1. The lowest BCUT2D eigenvalue weighted by atomic mass is 9.99. The van der Waals surface area contributed by atoms with Crippen LogP contribution in [0.5, 0.6) is 0 Å². The van der Waals surface area contributed by atoms with Crippen molar-refractivity contribution in [2.24, 2.45) is 0 Å². The monoisotopic (exact) mass is 306 g/mol. The highest BCUT2D eigenvalue weighted by molar-refractivity contribution is 7.99. The number of rotatable bonds is 5. The standard InChI is InChI=1S/C17H26N2OS/c1-12(2)14-4-6-15(7-5-14)13(3)19-17(20)10-16-11-21-9-8-18-16/h4-7,12-13,16,18H,8-11H2,1-3H3,(H,19,20). The molecule has 0 spiro atoms. The van der Waals surface area contributed by atoms with Crippen molar-refractivity contribution in [1.29, 1.82) is 0 Å². The molecule has 2 N–H and O–H groups in total. The van der Waals surface area contributed by atoms with Crippen molar-refractivity contribution in [3.05, 3.63) is 35.4 Å². The molecule has 1 amide bonds. The summed E-state index contributed by atoms with van der Waals surface area (Å²) in [6, 6.07) is 8.93. The lowest BCUT2D eigenvalue weighted by Crippen LogP contribution is -2.41. The average molecular weight is 306 g/mol. The molecule has 0 aliphatic carbocycles. The molecule has 116 valence electrons. The second kappa shape index (κ2) is 7.85. The van der Waals surface area contributed by atoms with E-state index >= 15 is 0 Å². The Hall–Kier alpha value is -1.00. The average Bonchev–Trinajstić information content (AvgIpc) is 2.48. The fraction of sp³-hybridized carbons (Fsp3) is 0.588. The van der Waals surface area contributed by atoms with Crippen molar-refractivity contribution in [1.82, 2.24) is 10.6 Å². The van der Waals surface area contributed by atoms with Crippen LogP contribution < -0.4 is 10.6 Å². The number of nitrogens with one attached hydrogen (secondary N) is 2. The van der Waals surface area contributed by atoms with Crippen LogP contribution >= 0.6 is 11.8 Å². The number of hydrogen-bond donors (Lipinski definition) is 2. The van der Waals surface area contributed by atoms with E-state index in [4.69, 9.17) is 0 Å². The third-order valence-corrected chi connectivity index (χ3v) is 5.04. The summed E-state index contributed by atoms with van der Waals surface area (Å²) >= 11 is 1.92. The maximum atomic E-state index is 12.1. The van der Waals surface area contributed by atoms with Gasteiger partial charge in [-0.3, -0.25) is 4.79 Å². The van der Waals surface area contributed by atoms with Crippen LogP contribution in [0.15, 0.2) is 24.3 Å². The molecule has 1 fully saturated rings. The summed E-state index contributed by atoms with van der Waals surface area (Å²) in [6.07, 6.45) is 0.571. The molecule has 1 saturated heterocycles. The molecule has 2 rings (SSSR count). The third kappa shape index (κ3) is 5.04. The molecule has 2 atom stereocenters. The SMILES string of the molecule is CC(C)c1ccc(C(C)NC(=O)CC2CSCCN2)cc1. The highest BCUT2D eigenvalue weighted by atomic mass is 32.2. The van der Waals surface area contributed by atoms with E-state index in [0.29, 0.717) is 18.4 Å². The molecule has 1 aromatic rings. The predicted octanol–water partition coefficient (Wildman–Crippen LogP) is 3.08. The van der Waals surface area contributed by atoms with Gasteiger partial charge in [0, 0.05) is 30.5 Å². The van der Waals surface area contributed by atoms with Crippen molar-refractivity contribution in [3.8, 4) is 0 Å². The minimum absolute atomic E-state index is 0.0648. The first-order valence-electron chi connectivity index (χ1n) is 7.76. The lowest BCUT2D eigenvalue weighted by molar-refractivity contribution is -0.122. The first-order valence-corrected chi connectivity index (χ1v) is 8.92. The lowest BCUT2D eigenvalue weighted by Gasteiger charge is -2.23. The maximum Gasteiger partial charge on any atom is 0.222 e. The summed E-state index contributed by atoms with van der Waals surface area (Å²) < 4.78 is 0. The minimum atomic E-state index is 0.0648. The van der Waals surface area contributed by atoms with Gasteiger partial charge in [-0.1, -0.05) is 38.1 Å². The van der Waals surface area contributed by atoms with E-state index in [1.807, 2.05) is 18.7 Å². The number of amides is 1. The van der Waals surface area contributed by atoms with Crippen molar-refractivity contribution in [3.63, 3.8) is 0 Å². The van der Waals surface area contributed by atoms with Gasteiger partial charge in [0.25, 0.3) is 0 Å². The Kier molecular flexibility index (Phi) is 6.12. The Labute approximate surface area is 132 Å². The molecule has 0 radical (unpaired) electrons. The van der Waals surface area contributed by atoms with Gasteiger partial charge < -0.3 is 10.6 Å². The van der Waals surface area contributed by atoms with E-state index in [2.05, 4.69) is 48.7 Å². The molecule has 2 unspecified atom stereocenters. The molecule has 1 aliphatic heterocycles. The van der Waals surface area contributed by atoms with Crippen LogP contribution in [0.4, 0.5) is 0 Å². The molecule has 1 aliphatic rings. The molecule has 21 heavy (non-hydrogen) atoms. The number of benzene rings is 1. The maximum absolute atomic E-state index is 12.1. The van der Waals surface area contributed by atoms with Gasteiger partial charge >= 0.3 is 0 Å². The summed E-state index contributed by atoms with van der Waals surface area (Å²) in [5.74, 6) is 2.86. The van der Waals surface area contributed by atoms with Crippen LogP contribution in [-0.4, -0.2) is 30.0 Å². The van der Waals surface area contributed by atoms with Gasteiger partial charge in [0.2, 0.25) is 5.91 Å². The second-order valence-corrected chi connectivity index (χ2v) is 7.19. The first kappa shape index (κ1) is 16.4. The molecule has 0 saturated carbocycles. The van der Waals surface area contributed by atoms with Crippen LogP contribution in [0.25, 0.3) is 0 Å². The topological polar surface area (TPSA) is 41.1 Å². The Balaban J connectivity index is 1.84. The fourth-order valence-corrected chi connectivity index (χ4v) is 3.48. The number of hydrogen-bond acceptors (Lipinski definition) is 3. The summed E-state index contributed by atoms with van der Waals surface area (Å²) in [4.78, 5) is 12.1. The molecule has 0 aromatic heterocycles. The molecule has 3 nitrogen and oxygen atoms in total. The van der Waals surface area contributed by atoms with E-state index in [0.717, 1.165) is 18.1 Å². The molecule has 1 aromatic carbocycles. The Morgan fingerprint density at radius 1 is 1.29 bits per heavy atom. The molecule has 1 heterocycles. The van der Waals surface area contributed by atoms with Crippen LogP contribution in [0, 0.1) is 0 Å². The summed E-state index contributed by atoms with van der Waals surface area (Å²) in [7, 11) is 0. The first-order chi connectivity index (χ1) is 10.1. The Morgan fingerprint density at radius 3 is 2.52 bits per heavy atom. The zero-order chi connectivity index (χ0) is 15.2. The summed E-state index contributed by atoms with van der Waals surface area (Å²) in [6.45, 7) is 7.44. The largest absolute Gasteiger partial charge is 0.350 e. The van der Waals surface area contributed by atoms with Gasteiger partial charge in [0.1, 0.15) is 0 Å². The predicted molar refractivity (Wildman–Crippen MR) is 90.8 cm³/mol. The molecular weight excluding hydrogens is 280 g/mol. The van der Waals surface area contributed by atoms with Gasteiger partial charge in [-0.25, -0.2) is 0 Å². The molecule has 0 bridgehead atoms. The van der Waals surface area contributed by atoms with Crippen LogP contribution in [-0.2, 0) is 4.79 Å². The van der Waals surface area contributed by atoms with E-state index in [9.17, 15) is 4.79 Å². The van der Waals surface area contributed by atoms with Crippen LogP contribution in [0.1, 0.15) is 50.3 Å². The van der Waals surface area contributed by atoms with Gasteiger partial charge in [-0.2, -0.15) is 11.8 Å². The van der Waals surface area contributed by atoms with Gasteiger partial charge in [0.05, 0.1) is 6.04 Å². The van der Waals surface area contributed by atoms with Crippen molar-refractivity contribution < 1.29 is 4.79 Å². The van der Waals surface area contributed by atoms with Gasteiger partial charge in [0.15, 0.2) is 0 Å². The van der Waals surface area contributed by atoms with E-state index in [1.54, 1.807) is 0 Å². The summed E-state index contributed by atoms with van der Waals surface area (Å²) in [5, 5.41) is 6.51. The molecule has 4 heteroatoms. The van der Waals surface area contributed by atoms with E-state index in [1.165, 1.54) is 11.1 Å². The van der Waals surface area contributed by atoms with E-state index < -0.39 is 0 Å². The van der Waals surface area contributed by atoms with Crippen molar-refractivity contribution >= 4 is 17.7 Å². The fourth-order valence-electron chi connectivity index (χ4n) is 2.53. The zero-order valence-electron chi connectivity index (χ0n) is 13.2. The van der Waals surface area contributed by atoms with E-state index in [-0.39, 0.29) is 11.9 Å². The number of carbonyl (C=O) groups is 1. The van der Waals surface area contributed by atoms with Gasteiger partial charge in [-0.05, 0) is 24.0 Å². The quantitative estimate of drug-likeness (QED) is 0.878. The molecular formula is C17H26N2OS. The van der Waals surface area contributed by atoms with Gasteiger partial charge in [-0.15, -0.1) is 0 Å². The van der Waals surface area contributed by atoms with Crippen LogP contribution in [0.3, 0.4) is 0 Å². The minimum Gasteiger partial charge on any atom is -0.350 e. The third-order valence-electron chi connectivity index (χ3n) is 3.91. The Morgan fingerprint density at radius 2 is 1.95 bits per heavy atom. The van der Waals surface area contributed by atoms with Crippen molar-refractivity contribution in [2.75, 3.05) is 18.1 Å².